The van der Waals surface area contributed by atoms with E-state index in [1.54, 1.807) is 0 Å². The molecule has 1 aromatic carbocycles. The molecular formula is C11H8F2O3. The lowest BCUT2D eigenvalue weighted by atomic mass is 10.1. The van der Waals surface area contributed by atoms with E-state index in [2.05, 4.69) is 0 Å². The molecule has 0 aliphatic rings. The Morgan fingerprint density at radius 3 is 2.19 bits per heavy atom. The molecule has 0 saturated heterocycles. The van der Waals surface area contributed by atoms with Crippen molar-refractivity contribution in [3.05, 3.63) is 40.5 Å². The van der Waals surface area contributed by atoms with Gasteiger partial charge in [-0.2, -0.15) is 0 Å². The summed E-state index contributed by atoms with van der Waals surface area (Å²) in [4.78, 5) is 20.8. The minimum Gasteiger partial charge on any atom is -0.478 e. The summed E-state index contributed by atoms with van der Waals surface area (Å²) in [6.07, 6.45) is 1.19. The topological polar surface area (TPSA) is 54.4 Å². The van der Waals surface area contributed by atoms with E-state index in [0.29, 0.717) is 0 Å². The SMILES string of the molecule is C/C(=C\c1cc(F)c(C=O)c(F)c1)C(=O)O. The third-order valence-electron chi connectivity index (χ3n) is 1.94. The second kappa shape index (κ2) is 4.65. The van der Waals surface area contributed by atoms with Crippen molar-refractivity contribution in [2.45, 2.75) is 6.92 Å². The zero-order valence-electron chi connectivity index (χ0n) is 8.33. The Labute approximate surface area is 90.0 Å². The largest absolute Gasteiger partial charge is 0.478 e. The highest BCUT2D eigenvalue weighted by atomic mass is 19.1. The Morgan fingerprint density at radius 2 is 1.81 bits per heavy atom. The molecule has 0 saturated carbocycles. The maximum absolute atomic E-state index is 13.1. The Bertz CT molecular complexity index is 455. The lowest BCUT2D eigenvalue weighted by Crippen LogP contribution is -1.98. The lowest BCUT2D eigenvalue weighted by Gasteiger charge is -2.00. The summed E-state index contributed by atoms with van der Waals surface area (Å²) >= 11 is 0. The zero-order chi connectivity index (χ0) is 12.3. The van der Waals surface area contributed by atoms with Crippen LogP contribution in [0.15, 0.2) is 17.7 Å². The van der Waals surface area contributed by atoms with Gasteiger partial charge >= 0.3 is 5.97 Å². The Morgan fingerprint density at radius 1 is 1.31 bits per heavy atom. The summed E-state index contributed by atoms with van der Waals surface area (Å²) in [6.45, 7) is 1.30. The molecule has 0 aromatic heterocycles. The van der Waals surface area contributed by atoms with Crippen molar-refractivity contribution in [1.29, 1.82) is 0 Å². The normalized spacial score (nSPS) is 11.3. The third kappa shape index (κ3) is 2.50. The predicted octanol–water partition coefficient (Wildman–Crippen LogP) is 2.27. The summed E-state index contributed by atoms with van der Waals surface area (Å²) < 4.78 is 26.2. The van der Waals surface area contributed by atoms with Crippen LogP contribution in [-0.2, 0) is 4.79 Å². The summed E-state index contributed by atoms with van der Waals surface area (Å²) in [5, 5.41) is 8.57. The first kappa shape index (κ1) is 12.0. The minimum absolute atomic E-state index is 0.0560. The average molecular weight is 226 g/mol. The number of aliphatic carboxylic acids is 1. The smallest absolute Gasteiger partial charge is 0.331 e. The highest BCUT2D eigenvalue weighted by Crippen LogP contribution is 2.16. The van der Waals surface area contributed by atoms with Crippen LogP contribution in [0.25, 0.3) is 6.08 Å². The van der Waals surface area contributed by atoms with Crippen LogP contribution in [0.2, 0.25) is 0 Å². The maximum Gasteiger partial charge on any atom is 0.331 e. The first-order chi connectivity index (χ1) is 7.45. The van der Waals surface area contributed by atoms with Gasteiger partial charge in [-0.15, -0.1) is 0 Å². The minimum atomic E-state index is -1.18. The molecule has 16 heavy (non-hydrogen) atoms. The van der Waals surface area contributed by atoms with Crippen molar-refractivity contribution < 1.29 is 23.5 Å². The van der Waals surface area contributed by atoms with Crippen molar-refractivity contribution in [2.24, 2.45) is 0 Å². The van der Waals surface area contributed by atoms with Gasteiger partial charge in [0.2, 0.25) is 0 Å². The molecule has 0 atom stereocenters. The summed E-state index contributed by atoms with van der Waals surface area (Å²) in [5.41, 5.74) is -0.664. The van der Waals surface area contributed by atoms with Gasteiger partial charge in [0.15, 0.2) is 6.29 Å². The van der Waals surface area contributed by atoms with E-state index in [0.717, 1.165) is 18.2 Å². The van der Waals surface area contributed by atoms with Crippen LogP contribution < -0.4 is 0 Å². The molecule has 0 radical (unpaired) electrons. The maximum atomic E-state index is 13.1. The molecule has 0 heterocycles. The number of halogens is 2. The number of carbonyl (C=O) groups excluding carboxylic acids is 1. The van der Waals surface area contributed by atoms with Crippen LogP contribution in [0, 0.1) is 11.6 Å². The van der Waals surface area contributed by atoms with Gasteiger partial charge in [0.05, 0.1) is 5.56 Å². The molecule has 0 spiro atoms. The van der Waals surface area contributed by atoms with Gasteiger partial charge in [0.25, 0.3) is 0 Å². The van der Waals surface area contributed by atoms with E-state index in [-0.39, 0.29) is 17.4 Å². The van der Waals surface area contributed by atoms with Crippen molar-refractivity contribution >= 4 is 18.3 Å². The fourth-order valence-electron chi connectivity index (χ4n) is 1.11. The number of aldehydes is 1. The van der Waals surface area contributed by atoms with Crippen LogP contribution in [-0.4, -0.2) is 17.4 Å². The Kier molecular flexibility index (Phi) is 3.50. The van der Waals surface area contributed by atoms with Crippen LogP contribution in [0.3, 0.4) is 0 Å². The highest BCUT2D eigenvalue weighted by molar-refractivity contribution is 5.91. The molecule has 0 aliphatic heterocycles. The Hall–Kier alpha value is -2.04. The Balaban J connectivity index is 3.24. The quantitative estimate of drug-likeness (QED) is 0.635. The molecule has 3 nitrogen and oxygen atoms in total. The second-order valence-corrected chi connectivity index (χ2v) is 3.15. The molecule has 0 amide bonds. The van der Waals surface area contributed by atoms with E-state index in [4.69, 9.17) is 5.11 Å². The molecule has 5 heteroatoms. The molecule has 0 fully saturated rings. The number of hydrogen-bond acceptors (Lipinski definition) is 2. The summed E-state index contributed by atoms with van der Waals surface area (Å²) in [7, 11) is 0. The molecule has 1 N–H and O–H groups in total. The molecule has 0 bridgehead atoms. The van der Waals surface area contributed by atoms with Crippen LogP contribution in [0.4, 0.5) is 8.78 Å². The average Bonchev–Trinajstić information content (AvgIpc) is 2.16. The van der Waals surface area contributed by atoms with E-state index in [9.17, 15) is 18.4 Å². The van der Waals surface area contributed by atoms with Crippen molar-refractivity contribution in [3.63, 3.8) is 0 Å². The van der Waals surface area contributed by atoms with Crippen molar-refractivity contribution in [2.75, 3.05) is 0 Å². The van der Waals surface area contributed by atoms with Crippen molar-refractivity contribution in [1.82, 2.24) is 0 Å². The highest BCUT2D eigenvalue weighted by Gasteiger charge is 2.10. The number of benzene rings is 1. The number of carbonyl (C=O) groups is 2. The van der Waals surface area contributed by atoms with E-state index in [1.807, 2.05) is 0 Å². The van der Waals surface area contributed by atoms with Gasteiger partial charge in [-0.1, -0.05) is 0 Å². The lowest BCUT2D eigenvalue weighted by molar-refractivity contribution is -0.132. The van der Waals surface area contributed by atoms with E-state index in [1.165, 1.54) is 6.92 Å². The van der Waals surface area contributed by atoms with Crippen LogP contribution >= 0.6 is 0 Å². The van der Waals surface area contributed by atoms with Gasteiger partial charge in [-0.25, -0.2) is 13.6 Å². The third-order valence-corrected chi connectivity index (χ3v) is 1.94. The molecule has 1 aromatic rings. The van der Waals surface area contributed by atoms with Crippen LogP contribution in [0.5, 0.6) is 0 Å². The number of carboxylic acid groups (broad SMARTS) is 1. The van der Waals surface area contributed by atoms with E-state index >= 15 is 0 Å². The van der Waals surface area contributed by atoms with Crippen molar-refractivity contribution in [3.8, 4) is 0 Å². The fraction of sp³-hybridized carbons (Fsp3) is 0.0909. The van der Waals surface area contributed by atoms with Gasteiger partial charge in [0, 0.05) is 5.57 Å². The standard InChI is InChI=1S/C11H8F2O3/c1-6(11(15)16)2-7-3-9(12)8(5-14)10(13)4-7/h2-5H,1H3,(H,15,16)/b6-2+. The number of carboxylic acids is 1. The molecule has 0 unspecified atom stereocenters. The first-order valence-electron chi connectivity index (χ1n) is 4.31. The second-order valence-electron chi connectivity index (χ2n) is 3.15. The number of rotatable bonds is 3. The summed E-state index contributed by atoms with van der Waals surface area (Å²) in [6, 6.07) is 1.80. The van der Waals surface area contributed by atoms with Gasteiger partial charge in [0.1, 0.15) is 11.6 Å². The van der Waals surface area contributed by atoms with Gasteiger partial charge < -0.3 is 5.11 Å². The van der Waals surface area contributed by atoms with Gasteiger partial charge in [-0.05, 0) is 30.7 Å². The molecular weight excluding hydrogens is 218 g/mol. The van der Waals surface area contributed by atoms with Gasteiger partial charge in [-0.3, -0.25) is 4.79 Å². The first-order valence-corrected chi connectivity index (χ1v) is 4.31. The zero-order valence-corrected chi connectivity index (χ0v) is 8.33. The molecule has 0 aliphatic carbocycles. The monoisotopic (exact) mass is 226 g/mol. The summed E-state index contributed by atoms with van der Waals surface area (Å²) in [5.74, 6) is -3.21. The predicted molar refractivity (Wildman–Crippen MR) is 53.0 cm³/mol. The van der Waals surface area contributed by atoms with E-state index < -0.39 is 23.2 Å². The molecule has 1 rings (SSSR count). The fourth-order valence-corrected chi connectivity index (χ4v) is 1.11. The van der Waals surface area contributed by atoms with Crippen LogP contribution in [0.1, 0.15) is 22.8 Å². The molecule has 84 valence electrons. The number of hydrogen-bond donors (Lipinski definition) is 1.